The largest absolute Gasteiger partial charge is 0.383 e. The highest BCUT2D eigenvalue weighted by Gasteiger charge is 2.17. The van der Waals surface area contributed by atoms with Crippen LogP contribution >= 0.6 is 0 Å². The first kappa shape index (κ1) is 11.1. The van der Waals surface area contributed by atoms with E-state index in [1.807, 2.05) is 0 Å². The fourth-order valence-corrected chi connectivity index (χ4v) is 2.54. The number of anilines is 2. The molecule has 0 aliphatic carbocycles. The van der Waals surface area contributed by atoms with Crippen molar-refractivity contribution in [2.24, 2.45) is 0 Å². The fourth-order valence-electron chi connectivity index (χ4n) is 2.54. The third kappa shape index (κ3) is 2.06. The van der Waals surface area contributed by atoms with Gasteiger partial charge in [0.2, 0.25) is 0 Å². The molecule has 1 heterocycles. The van der Waals surface area contributed by atoms with Gasteiger partial charge in [0.05, 0.1) is 11.4 Å². The van der Waals surface area contributed by atoms with Gasteiger partial charge in [0.15, 0.2) is 0 Å². The number of para-hydroxylation sites is 1. The number of aryl methyl sites for hydroxylation is 1. The number of hydrogen-bond acceptors (Lipinski definition) is 2. The average Bonchev–Trinajstić information content (AvgIpc) is 2.63. The minimum atomic E-state index is 0.512. The van der Waals surface area contributed by atoms with Crippen molar-refractivity contribution in [1.29, 1.82) is 0 Å². The molecule has 0 amide bonds. The van der Waals surface area contributed by atoms with Crippen molar-refractivity contribution in [3.05, 3.63) is 59.7 Å². The van der Waals surface area contributed by atoms with E-state index >= 15 is 0 Å². The summed E-state index contributed by atoms with van der Waals surface area (Å²) in [6.45, 7) is 4.11. The van der Waals surface area contributed by atoms with Crippen LogP contribution in [-0.4, -0.2) is 13.1 Å². The SMILES string of the molecule is Cc1cccc2c1NCC(c1ccccc1)CN2. The molecule has 0 aromatic heterocycles. The Labute approximate surface area is 108 Å². The zero-order valence-electron chi connectivity index (χ0n) is 10.6. The number of benzene rings is 2. The predicted molar refractivity (Wildman–Crippen MR) is 77.3 cm³/mol. The van der Waals surface area contributed by atoms with Gasteiger partial charge in [-0.05, 0) is 24.1 Å². The Morgan fingerprint density at radius 1 is 0.889 bits per heavy atom. The number of hydrogen-bond donors (Lipinski definition) is 2. The number of fused-ring (bicyclic) bond motifs is 1. The van der Waals surface area contributed by atoms with E-state index in [1.54, 1.807) is 0 Å². The van der Waals surface area contributed by atoms with Gasteiger partial charge in [-0.25, -0.2) is 0 Å². The van der Waals surface area contributed by atoms with Crippen molar-refractivity contribution >= 4 is 11.4 Å². The molecule has 1 aliphatic rings. The minimum absolute atomic E-state index is 0.512. The first-order chi connectivity index (χ1) is 8.84. The van der Waals surface area contributed by atoms with Crippen molar-refractivity contribution in [1.82, 2.24) is 0 Å². The molecule has 2 aromatic rings. The molecule has 1 unspecified atom stereocenters. The van der Waals surface area contributed by atoms with Crippen molar-refractivity contribution in [2.75, 3.05) is 23.7 Å². The molecule has 0 bridgehead atoms. The van der Waals surface area contributed by atoms with E-state index in [2.05, 4.69) is 66.1 Å². The van der Waals surface area contributed by atoms with Crippen LogP contribution in [0.15, 0.2) is 48.5 Å². The highest BCUT2D eigenvalue weighted by molar-refractivity contribution is 5.73. The smallest absolute Gasteiger partial charge is 0.0605 e. The predicted octanol–water partition coefficient (Wildman–Crippen LogP) is 3.62. The Bertz CT molecular complexity index is 534. The lowest BCUT2D eigenvalue weighted by Crippen LogP contribution is -2.16. The second kappa shape index (κ2) is 4.73. The second-order valence-corrected chi connectivity index (χ2v) is 4.87. The molecule has 2 heteroatoms. The lowest BCUT2D eigenvalue weighted by atomic mass is 9.99. The van der Waals surface area contributed by atoms with E-state index in [9.17, 15) is 0 Å². The van der Waals surface area contributed by atoms with Gasteiger partial charge in [-0.3, -0.25) is 0 Å². The molecule has 0 radical (unpaired) electrons. The van der Waals surface area contributed by atoms with Crippen LogP contribution in [0.1, 0.15) is 17.0 Å². The topological polar surface area (TPSA) is 24.1 Å². The summed E-state index contributed by atoms with van der Waals surface area (Å²) >= 11 is 0. The van der Waals surface area contributed by atoms with E-state index in [-0.39, 0.29) is 0 Å². The molecule has 18 heavy (non-hydrogen) atoms. The van der Waals surface area contributed by atoms with Gasteiger partial charge in [0.1, 0.15) is 0 Å². The van der Waals surface area contributed by atoms with E-state index in [4.69, 9.17) is 0 Å². The van der Waals surface area contributed by atoms with Gasteiger partial charge < -0.3 is 10.6 Å². The molecule has 0 spiro atoms. The third-order valence-corrected chi connectivity index (χ3v) is 3.61. The molecular formula is C16H18N2. The molecule has 2 nitrogen and oxygen atoms in total. The zero-order valence-corrected chi connectivity index (χ0v) is 10.6. The molecule has 0 saturated carbocycles. The third-order valence-electron chi connectivity index (χ3n) is 3.61. The van der Waals surface area contributed by atoms with Gasteiger partial charge in [-0.15, -0.1) is 0 Å². The summed E-state index contributed by atoms with van der Waals surface area (Å²) in [7, 11) is 0. The van der Waals surface area contributed by atoms with Crippen molar-refractivity contribution in [3.8, 4) is 0 Å². The lowest BCUT2D eigenvalue weighted by molar-refractivity contribution is 0.767. The van der Waals surface area contributed by atoms with Crippen LogP contribution in [0, 0.1) is 6.92 Å². The molecule has 2 N–H and O–H groups in total. The van der Waals surface area contributed by atoms with Gasteiger partial charge >= 0.3 is 0 Å². The first-order valence-electron chi connectivity index (χ1n) is 6.47. The summed E-state index contributed by atoms with van der Waals surface area (Å²) < 4.78 is 0. The summed E-state index contributed by atoms with van der Waals surface area (Å²) in [6.07, 6.45) is 0. The second-order valence-electron chi connectivity index (χ2n) is 4.87. The van der Waals surface area contributed by atoms with Crippen LogP contribution in [0.25, 0.3) is 0 Å². The maximum absolute atomic E-state index is 3.58. The Hall–Kier alpha value is -1.96. The monoisotopic (exact) mass is 238 g/mol. The fraction of sp³-hybridized carbons (Fsp3) is 0.250. The molecular weight excluding hydrogens is 220 g/mol. The van der Waals surface area contributed by atoms with Crippen molar-refractivity contribution in [2.45, 2.75) is 12.8 Å². The Kier molecular flexibility index (Phi) is 2.93. The summed E-state index contributed by atoms with van der Waals surface area (Å²) in [5, 5.41) is 7.13. The highest BCUT2D eigenvalue weighted by atomic mass is 15.0. The number of nitrogens with one attached hydrogen (secondary N) is 2. The molecule has 2 aromatic carbocycles. The molecule has 92 valence electrons. The standard InChI is InChI=1S/C16H18N2/c1-12-6-5-9-15-16(12)18-11-14(10-17-15)13-7-3-2-4-8-13/h2-9,14,17-18H,10-11H2,1H3. The van der Waals surface area contributed by atoms with Gasteiger partial charge in [0.25, 0.3) is 0 Å². The van der Waals surface area contributed by atoms with Crippen LogP contribution < -0.4 is 10.6 Å². The Morgan fingerprint density at radius 3 is 2.50 bits per heavy atom. The van der Waals surface area contributed by atoms with Crippen LogP contribution in [0.3, 0.4) is 0 Å². The van der Waals surface area contributed by atoms with E-state index in [0.29, 0.717) is 5.92 Å². The summed E-state index contributed by atoms with van der Waals surface area (Å²) in [6, 6.07) is 17.1. The zero-order chi connectivity index (χ0) is 12.4. The minimum Gasteiger partial charge on any atom is -0.383 e. The van der Waals surface area contributed by atoms with Crippen molar-refractivity contribution < 1.29 is 0 Å². The number of rotatable bonds is 1. The lowest BCUT2D eigenvalue weighted by Gasteiger charge is -2.15. The molecule has 1 atom stereocenters. The summed E-state index contributed by atoms with van der Waals surface area (Å²) in [4.78, 5) is 0. The van der Waals surface area contributed by atoms with Crippen molar-refractivity contribution in [3.63, 3.8) is 0 Å². The molecule has 0 fully saturated rings. The average molecular weight is 238 g/mol. The molecule has 1 aliphatic heterocycles. The van der Waals surface area contributed by atoms with Crippen LogP contribution in [-0.2, 0) is 0 Å². The van der Waals surface area contributed by atoms with E-state index in [1.165, 1.54) is 22.5 Å². The first-order valence-corrected chi connectivity index (χ1v) is 6.47. The summed E-state index contributed by atoms with van der Waals surface area (Å²) in [5.74, 6) is 0.512. The molecule has 0 saturated heterocycles. The van der Waals surface area contributed by atoms with Crippen LogP contribution in [0.5, 0.6) is 0 Å². The maximum Gasteiger partial charge on any atom is 0.0605 e. The van der Waals surface area contributed by atoms with E-state index < -0.39 is 0 Å². The van der Waals surface area contributed by atoms with Gasteiger partial charge in [0, 0.05) is 19.0 Å². The van der Waals surface area contributed by atoms with E-state index in [0.717, 1.165) is 13.1 Å². The van der Waals surface area contributed by atoms with Crippen LogP contribution in [0.4, 0.5) is 11.4 Å². The quantitative estimate of drug-likeness (QED) is 0.793. The van der Waals surface area contributed by atoms with Crippen LogP contribution in [0.2, 0.25) is 0 Å². The summed E-state index contributed by atoms with van der Waals surface area (Å²) in [5.41, 5.74) is 5.15. The molecule has 3 rings (SSSR count). The maximum atomic E-state index is 3.58. The van der Waals surface area contributed by atoms with Gasteiger partial charge in [-0.2, -0.15) is 0 Å². The Morgan fingerprint density at radius 2 is 1.67 bits per heavy atom. The highest BCUT2D eigenvalue weighted by Crippen LogP contribution is 2.30. The Balaban J connectivity index is 1.85. The van der Waals surface area contributed by atoms with Gasteiger partial charge in [-0.1, -0.05) is 42.5 Å². The normalized spacial score (nSPS) is 18.2.